The van der Waals surface area contributed by atoms with Crippen LogP contribution in [-0.4, -0.2) is 12.5 Å². The van der Waals surface area contributed by atoms with E-state index in [1.165, 1.54) is 16.1 Å². The summed E-state index contributed by atoms with van der Waals surface area (Å²) in [7, 11) is 0. The quantitative estimate of drug-likeness (QED) is 0.883. The third kappa shape index (κ3) is 3.42. The lowest BCUT2D eigenvalue weighted by Gasteiger charge is -2.29. The Morgan fingerprint density at radius 3 is 2.70 bits per heavy atom. The van der Waals surface area contributed by atoms with Gasteiger partial charge in [0.05, 0.1) is 0 Å². The molecule has 1 aromatic heterocycles. The zero-order valence-corrected chi connectivity index (χ0v) is 14.9. The average Bonchev–Trinajstić information content (AvgIpc) is 3.03. The van der Waals surface area contributed by atoms with Gasteiger partial charge in [-0.2, -0.15) is 0 Å². The Balaban J connectivity index is 1.67. The smallest absolute Gasteiger partial charge is 0.230 e. The lowest BCUT2D eigenvalue weighted by atomic mass is 9.89. The molecule has 3 rings (SSSR count). The van der Waals surface area contributed by atoms with E-state index in [9.17, 15) is 4.79 Å². The SMILES string of the molecule is CCC(C)(C)C(=O)Nc1ccc(N2CCc3sccc3C2)cc1. The minimum atomic E-state index is -0.332. The second kappa shape index (κ2) is 6.36. The van der Waals surface area contributed by atoms with Crippen molar-refractivity contribution in [2.24, 2.45) is 5.41 Å². The third-order valence-electron chi connectivity index (χ3n) is 4.80. The molecule has 1 aromatic carbocycles. The van der Waals surface area contributed by atoms with Gasteiger partial charge in [0.15, 0.2) is 0 Å². The number of hydrogen-bond donors (Lipinski definition) is 1. The summed E-state index contributed by atoms with van der Waals surface area (Å²) >= 11 is 1.86. The number of nitrogens with zero attached hydrogens (tertiary/aromatic N) is 1. The van der Waals surface area contributed by atoms with Gasteiger partial charge in [-0.05, 0) is 54.1 Å². The van der Waals surface area contributed by atoms with E-state index in [1.54, 1.807) is 0 Å². The van der Waals surface area contributed by atoms with Crippen molar-refractivity contribution in [1.82, 2.24) is 0 Å². The summed E-state index contributed by atoms with van der Waals surface area (Å²) in [5, 5.41) is 5.20. The first-order valence-corrected chi connectivity index (χ1v) is 9.09. The van der Waals surface area contributed by atoms with Crippen LogP contribution in [0, 0.1) is 5.41 Å². The molecule has 122 valence electrons. The van der Waals surface area contributed by atoms with Gasteiger partial charge in [0.2, 0.25) is 5.91 Å². The zero-order valence-electron chi connectivity index (χ0n) is 14.1. The van der Waals surface area contributed by atoms with E-state index in [-0.39, 0.29) is 11.3 Å². The summed E-state index contributed by atoms with van der Waals surface area (Å²) < 4.78 is 0. The first kappa shape index (κ1) is 16.1. The zero-order chi connectivity index (χ0) is 16.4. The molecule has 3 nitrogen and oxygen atoms in total. The van der Waals surface area contributed by atoms with Gasteiger partial charge in [-0.15, -0.1) is 11.3 Å². The monoisotopic (exact) mass is 328 g/mol. The maximum atomic E-state index is 12.2. The van der Waals surface area contributed by atoms with Gasteiger partial charge < -0.3 is 10.2 Å². The maximum Gasteiger partial charge on any atom is 0.230 e. The molecule has 4 heteroatoms. The molecule has 1 N–H and O–H groups in total. The Bertz CT molecular complexity index is 688. The van der Waals surface area contributed by atoms with Crippen LogP contribution in [0.4, 0.5) is 11.4 Å². The number of thiophene rings is 1. The summed E-state index contributed by atoms with van der Waals surface area (Å²) in [6, 6.07) is 10.4. The summed E-state index contributed by atoms with van der Waals surface area (Å²) in [5.41, 5.74) is 3.20. The van der Waals surface area contributed by atoms with Crippen LogP contribution in [0.3, 0.4) is 0 Å². The van der Waals surface area contributed by atoms with Crippen LogP contribution < -0.4 is 10.2 Å². The van der Waals surface area contributed by atoms with Crippen molar-refractivity contribution in [2.75, 3.05) is 16.8 Å². The van der Waals surface area contributed by atoms with E-state index in [1.807, 2.05) is 44.2 Å². The second-order valence-electron chi connectivity index (χ2n) is 6.78. The van der Waals surface area contributed by atoms with Gasteiger partial charge in [-0.1, -0.05) is 20.8 Å². The molecule has 0 spiro atoms. The van der Waals surface area contributed by atoms with Crippen LogP contribution in [0.15, 0.2) is 35.7 Å². The largest absolute Gasteiger partial charge is 0.367 e. The van der Waals surface area contributed by atoms with Gasteiger partial charge >= 0.3 is 0 Å². The summed E-state index contributed by atoms with van der Waals surface area (Å²) in [5.74, 6) is 0.0774. The van der Waals surface area contributed by atoms with E-state index in [0.29, 0.717) is 0 Å². The number of nitrogens with one attached hydrogen (secondary N) is 1. The molecule has 0 saturated heterocycles. The van der Waals surface area contributed by atoms with Crippen LogP contribution in [-0.2, 0) is 17.8 Å². The number of amides is 1. The lowest BCUT2D eigenvalue weighted by molar-refractivity contribution is -0.124. The first-order valence-electron chi connectivity index (χ1n) is 8.21. The highest BCUT2D eigenvalue weighted by molar-refractivity contribution is 7.10. The van der Waals surface area contributed by atoms with Crippen molar-refractivity contribution < 1.29 is 4.79 Å². The van der Waals surface area contributed by atoms with Crippen molar-refractivity contribution >= 4 is 28.6 Å². The first-order chi connectivity index (χ1) is 11.0. The number of rotatable bonds is 4. The Morgan fingerprint density at radius 2 is 2.00 bits per heavy atom. The molecular weight excluding hydrogens is 304 g/mol. The summed E-state index contributed by atoms with van der Waals surface area (Å²) in [4.78, 5) is 16.2. The number of hydrogen-bond acceptors (Lipinski definition) is 3. The summed E-state index contributed by atoms with van der Waals surface area (Å²) in [6.45, 7) is 8.03. The molecule has 0 radical (unpaired) electrons. The number of anilines is 2. The molecular formula is C19H24N2OS. The van der Waals surface area contributed by atoms with Gasteiger partial charge in [-0.3, -0.25) is 4.79 Å². The van der Waals surface area contributed by atoms with Gasteiger partial charge in [0.1, 0.15) is 0 Å². The highest BCUT2D eigenvalue weighted by Gasteiger charge is 2.25. The summed E-state index contributed by atoms with van der Waals surface area (Å²) in [6.07, 6.45) is 1.95. The molecule has 0 fully saturated rings. The van der Waals surface area contributed by atoms with Gasteiger partial charge in [0, 0.05) is 34.8 Å². The fraction of sp³-hybridized carbons (Fsp3) is 0.421. The van der Waals surface area contributed by atoms with Gasteiger partial charge in [0.25, 0.3) is 0 Å². The van der Waals surface area contributed by atoms with Crippen molar-refractivity contribution in [1.29, 1.82) is 0 Å². The van der Waals surface area contributed by atoms with Crippen LogP contribution in [0.2, 0.25) is 0 Å². The van der Waals surface area contributed by atoms with E-state index in [4.69, 9.17) is 0 Å². The lowest BCUT2D eigenvalue weighted by Crippen LogP contribution is -2.30. The fourth-order valence-electron chi connectivity index (χ4n) is 2.69. The molecule has 1 aliphatic heterocycles. The Hall–Kier alpha value is -1.81. The van der Waals surface area contributed by atoms with E-state index >= 15 is 0 Å². The van der Waals surface area contributed by atoms with Crippen LogP contribution >= 0.6 is 11.3 Å². The van der Waals surface area contributed by atoms with Crippen LogP contribution in [0.25, 0.3) is 0 Å². The predicted octanol–water partition coefficient (Wildman–Crippen LogP) is 4.69. The number of carbonyl (C=O) groups is 1. The van der Waals surface area contributed by atoms with Crippen LogP contribution in [0.5, 0.6) is 0 Å². The molecule has 23 heavy (non-hydrogen) atoms. The molecule has 0 aliphatic carbocycles. The van der Waals surface area contributed by atoms with Crippen molar-refractivity contribution in [2.45, 2.75) is 40.2 Å². The van der Waals surface area contributed by atoms with E-state index in [2.05, 4.69) is 33.8 Å². The van der Waals surface area contributed by atoms with Gasteiger partial charge in [-0.25, -0.2) is 0 Å². The van der Waals surface area contributed by atoms with E-state index < -0.39 is 0 Å². The van der Waals surface area contributed by atoms with Crippen molar-refractivity contribution in [3.63, 3.8) is 0 Å². The van der Waals surface area contributed by atoms with Crippen molar-refractivity contribution in [3.8, 4) is 0 Å². The average molecular weight is 328 g/mol. The molecule has 0 bridgehead atoms. The molecule has 2 aromatic rings. The maximum absolute atomic E-state index is 12.2. The van der Waals surface area contributed by atoms with Crippen molar-refractivity contribution in [3.05, 3.63) is 46.2 Å². The number of fused-ring (bicyclic) bond motifs is 1. The second-order valence-corrected chi connectivity index (χ2v) is 7.78. The normalized spacial score (nSPS) is 14.5. The Kier molecular flexibility index (Phi) is 4.44. The Labute approximate surface area is 142 Å². The predicted molar refractivity (Wildman–Crippen MR) is 98.2 cm³/mol. The standard InChI is InChI=1S/C19H24N2OS/c1-4-19(2,3)18(22)20-15-5-7-16(8-6-15)21-11-9-17-14(13-21)10-12-23-17/h5-8,10,12H,4,9,11,13H2,1-3H3,(H,20,22). The number of benzene rings is 1. The minimum absolute atomic E-state index is 0.0774. The van der Waals surface area contributed by atoms with E-state index in [0.717, 1.165) is 31.6 Å². The Morgan fingerprint density at radius 1 is 1.26 bits per heavy atom. The molecule has 0 unspecified atom stereocenters. The fourth-order valence-corrected chi connectivity index (χ4v) is 3.57. The highest BCUT2D eigenvalue weighted by atomic mass is 32.1. The molecule has 0 atom stereocenters. The molecule has 1 aliphatic rings. The minimum Gasteiger partial charge on any atom is -0.367 e. The molecule has 1 amide bonds. The van der Waals surface area contributed by atoms with Crippen LogP contribution in [0.1, 0.15) is 37.6 Å². The molecule has 0 saturated carbocycles. The highest BCUT2D eigenvalue weighted by Crippen LogP contribution is 2.29. The third-order valence-corrected chi connectivity index (χ3v) is 5.82. The number of carbonyl (C=O) groups excluding carboxylic acids is 1. The topological polar surface area (TPSA) is 32.3 Å². The molecule has 2 heterocycles.